The predicted octanol–water partition coefficient (Wildman–Crippen LogP) is -2.47. The minimum absolute atomic E-state index is 0.0223. The summed E-state index contributed by atoms with van der Waals surface area (Å²) in [6, 6.07) is -6.64. The van der Waals surface area contributed by atoms with E-state index in [-0.39, 0.29) is 18.8 Å². The Morgan fingerprint density at radius 1 is 0.739 bits per heavy atom. The second-order valence-corrected chi connectivity index (χ2v) is 10.5. The quantitative estimate of drug-likeness (QED) is 0.0530. The summed E-state index contributed by atoms with van der Waals surface area (Å²) in [6.07, 6.45) is 0.693. The van der Waals surface area contributed by atoms with Crippen LogP contribution in [0.4, 0.5) is 0 Å². The number of allylic oxidation sites excluding steroid dienone is 1. The molecule has 0 saturated carbocycles. The van der Waals surface area contributed by atoms with Crippen LogP contribution in [0.2, 0.25) is 0 Å². The number of carbonyl (C=O) groups is 9. The number of hydrogen-bond donors (Lipinski definition) is 7. The Bertz CT molecular complexity index is 1160. The van der Waals surface area contributed by atoms with E-state index in [9.17, 15) is 48.3 Å². The number of amides is 6. The molecule has 0 aromatic heterocycles. The van der Waals surface area contributed by atoms with E-state index in [0.717, 1.165) is 27.2 Å². The fraction of sp³-hybridized carbons (Fsp3) is 0.607. The highest BCUT2D eigenvalue weighted by atomic mass is 16.5. The van der Waals surface area contributed by atoms with Crippen LogP contribution in [-0.4, -0.2) is 103 Å². The van der Waals surface area contributed by atoms with E-state index in [2.05, 4.69) is 36.1 Å². The maximum Gasteiger partial charge on any atom is 0.330 e. The molecular weight excluding hydrogens is 612 g/mol. The first kappa shape index (κ1) is 41.0. The first-order chi connectivity index (χ1) is 21.4. The van der Waals surface area contributed by atoms with E-state index in [1.54, 1.807) is 13.8 Å². The summed E-state index contributed by atoms with van der Waals surface area (Å²) in [5, 5.41) is 21.0. The fourth-order valence-electron chi connectivity index (χ4n) is 3.80. The highest BCUT2D eigenvalue weighted by molar-refractivity contribution is 5.97. The normalized spacial score (nSPS) is 14.1. The van der Waals surface area contributed by atoms with E-state index in [1.807, 2.05) is 0 Å². The van der Waals surface area contributed by atoms with E-state index >= 15 is 0 Å². The van der Waals surface area contributed by atoms with Crippen LogP contribution in [0.15, 0.2) is 12.2 Å². The van der Waals surface area contributed by atoms with Crippen molar-refractivity contribution in [3.8, 4) is 0 Å². The van der Waals surface area contributed by atoms with Crippen LogP contribution < -0.4 is 32.3 Å². The fourth-order valence-corrected chi connectivity index (χ4v) is 3.80. The Morgan fingerprint density at radius 3 is 1.76 bits per heavy atom. The molecule has 0 fully saturated rings. The second kappa shape index (κ2) is 20.8. The molecule has 18 heteroatoms. The average Bonchev–Trinajstić information content (AvgIpc) is 2.97. The molecule has 5 atom stereocenters. The van der Waals surface area contributed by atoms with Gasteiger partial charge in [-0.05, 0) is 32.1 Å². The Balaban J connectivity index is 6.04. The molecule has 0 aliphatic rings. The van der Waals surface area contributed by atoms with Crippen molar-refractivity contribution in [3.63, 3.8) is 0 Å². The van der Waals surface area contributed by atoms with Gasteiger partial charge >= 0.3 is 17.9 Å². The molecule has 0 aromatic rings. The number of carboxylic acid groups (broad SMARTS) is 1. The van der Waals surface area contributed by atoms with Crippen molar-refractivity contribution in [2.24, 2.45) is 11.7 Å². The number of rotatable bonds is 20. The minimum Gasteiger partial charge on any atom is -0.481 e. The summed E-state index contributed by atoms with van der Waals surface area (Å²) in [5.41, 5.74) is 5.17. The number of ether oxygens (including phenoxy) is 2. The van der Waals surface area contributed by atoms with Crippen molar-refractivity contribution in [1.29, 1.82) is 0 Å². The number of esters is 2. The van der Waals surface area contributed by atoms with Gasteiger partial charge in [0.25, 0.3) is 0 Å². The van der Waals surface area contributed by atoms with Crippen LogP contribution in [0.5, 0.6) is 0 Å². The van der Waals surface area contributed by atoms with Crippen LogP contribution in [0.1, 0.15) is 59.8 Å². The van der Waals surface area contributed by atoms with Gasteiger partial charge in [0.05, 0.1) is 20.6 Å². The summed E-state index contributed by atoms with van der Waals surface area (Å²) in [6.45, 7) is 5.72. The summed E-state index contributed by atoms with van der Waals surface area (Å²) in [7, 11) is 2.30. The zero-order valence-corrected chi connectivity index (χ0v) is 26.7. The molecule has 0 rings (SSSR count). The Hall–Kier alpha value is -5.03. The Kier molecular flexibility index (Phi) is 18.6. The van der Waals surface area contributed by atoms with Gasteiger partial charge in [-0.25, -0.2) is 9.59 Å². The maximum atomic E-state index is 13.4. The molecule has 0 spiro atoms. The lowest BCUT2D eigenvalue weighted by molar-refractivity contribution is -0.146. The zero-order valence-electron chi connectivity index (χ0n) is 26.7. The van der Waals surface area contributed by atoms with Gasteiger partial charge in [0.1, 0.15) is 30.2 Å². The van der Waals surface area contributed by atoms with E-state index in [4.69, 9.17) is 5.73 Å². The largest absolute Gasteiger partial charge is 0.481 e. The third kappa shape index (κ3) is 16.2. The average molecular weight is 657 g/mol. The number of carbonyl (C=O) groups excluding carboxylic acids is 8. The van der Waals surface area contributed by atoms with Crippen molar-refractivity contribution >= 4 is 53.4 Å². The highest BCUT2D eigenvalue weighted by Crippen LogP contribution is 2.07. The van der Waals surface area contributed by atoms with Crippen molar-refractivity contribution < 1.29 is 57.7 Å². The van der Waals surface area contributed by atoms with Crippen molar-refractivity contribution in [1.82, 2.24) is 26.6 Å². The smallest absolute Gasteiger partial charge is 0.330 e. The van der Waals surface area contributed by atoms with Gasteiger partial charge in [-0.3, -0.25) is 33.6 Å². The monoisotopic (exact) mass is 656 g/mol. The van der Waals surface area contributed by atoms with Gasteiger partial charge in [-0.2, -0.15) is 0 Å². The topological polar surface area (TPSA) is 278 Å². The third-order valence-electron chi connectivity index (χ3n) is 6.26. The van der Waals surface area contributed by atoms with Gasteiger partial charge < -0.3 is 46.9 Å². The number of primary amides is 1. The minimum atomic E-state index is -1.51. The Morgan fingerprint density at radius 2 is 1.28 bits per heavy atom. The van der Waals surface area contributed by atoms with Crippen molar-refractivity contribution in [2.45, 2.75) is 90.0 Å². The van der Waals surface area contributed by atoms with Gasteiger partial charge in [0.2, 0.25) is 35.4 Å². The van der Waals surface area contributed by atoms with Gasteiger partial charge in [-0.15, -0.1) is 0 Å². The van der Waals surface area contributed by atoms with Crippen LogP contribution in [0.25, 0.3) is 0 Å². The molecule has 0 bridgehead atoms. The SMILES string of the molecule is COC(=O)/C=C/CC[C@H](NC(=O)C(CC(N)=O)NC(C)=O)C(=O)N[C@@H](CCC(=O)O)C(=O)N[C@@H](C)C(=O)N[C@H](C(=O)OC)C(C)C. The second-order valence-electron chi connectivity index (χ2n) is 10.5. The van der Waals surface area contributed by atoms with Crippen molar-refractivity contribution in [3.05, 3.63) is 12.2 Å². The molecular formula is C28H44N6O12. The molecule has 0 saturated heterocycles. The lowest BCUT2D eigenvalue weighted by Crippen LogP contribution is -2.58. The standard InChI is InChI=1S/C28H44N6O12/c1-14(2)23(28(44)46-6)34-24(40)15(3)30-25(41)18(11-12-21(37)38)33-26(42)17(9-7-8-10-22(39)45-5)32-27(43)19(13-20(29)36)31-16(4)35/h8,10,14-15,17-19,23H,7,9,11-13H2,1-6H3,(H2,29,36)(H,30,41)(H,31,35)(H,32,43)(H,33,42)(H,34,40)(H,37,38)/b10-8+/t15-,17-,18-,19?,23-/m0/s1. The molecule has 18 nitrogen and oxygen atoms in total. The summed E-state index contributed by atoms with van der Waals surface area (Å²) in [4.78, 5) is 110. The number of nitrogens with two attached hydrogens (primary N) is 1. The van der Waals surface area contributed by atoms with Gasteiger partial charge in [-0.1, -0.05) is 19.9 Å². The molecule has 0 aliphatic heterocycles. The first-order valence-corrected chi connectivity index (χ1v) is 14.2. The molecule has 0 radical (unpaired) electrons. The van der Waals surface area contributed by atoms with Gasteiger partial charge in [0.15, 0.2) is 0 Å². The summed E-state index contributed by atoms with van der Waals surface area (Å²) < 4.78 is 9.18. The number of methoxy groups -OCH3 is 2. The van der Waals surface area contributed by atoms with E-state index < -0.39 is 103 Å². The molecule has 6 amide bonds. The first-order valence-electron chi connectivity index (χ1n) is 14.2. The van der Waals surface area contributed by atoms with Crippen LogP contribution in [0, 0.1) is 5.92 Å². The lowest BCUT2D eigenvalue weighted by Gasteiger charge is -2.26. The zero-order chi connectivity index (χ0) is 35.6. The number of hydrogen-bond acceptors (Lipinski definition) is 11. The molecule has 0 heterocycles. The van der Waals surface area contributed by atoms with Crippen LogP contribution in [-0.2, 0) is 52.6 Å². The van der Waals surface area contributed by atoms with Crippen LogP contribution in [0.3, 0.4) is 0 Å². The molecule has 1 unspecified atom stereocenters. The lowest BCUT2D eigenvalue weighted by atomic mass is 10.0. The third-order valence-corrected chi connectivity index (χ3v) is 6.26. The van der Waals surface area contributed by atoms with Crippen LogP contribution >= 0.6 is 0 Å². The molecule has 258 valence electrons. The highest BCUT2D eigenvalue weighted by Gasteiger charge is 2.32. The molecule has 0 aliphatic carbocycles. The number of carboxylic acids is 1. The van der Waals surface area contributed by atoms with Crippen molar-refractivity contribution in [2.75, 3.05) is 14.2 Å². The van der Waals surface area contributed by atoms with E-state index in [0.29, 0.717) is 0 Å². The molecule has 8 N–H and O–H groups in total. The molecule has 0 aromatic carbocycles. The summed E-state index contributed by atoms with van der Waals surface area (Å²) >= 11 is 0. The maximum absolute atomic E-state index is 13.4. The number of nitrogens with one attached hydrogen (secondary N) is 5. The summed E-state index contributed by atoms with van der Waals surface area (Å²) in [5.74, 6) is -8.28. The molecule has 46 heavy (non-hydrogen) atoms. The van der Waals surface area contributed by atoms with Gasteiger partial charge in [0, 0.05) is 19.4 Å². The Labute approximate surface area is 265 Å². The van der Waals surface area contributed by atoms with E-state index in [1.165, 1.54) is 13.0 Å². The predicted molar refractivity (Wildman–Crippen MR) is 159 cm³/mol. The number of aliphatic carboxylic acids is 1.